The van der Waals surface area contributed by atoms with Gasteiger partial charge in [0.1, 0.15) is 6.54 Å². The van der Waals surface area contributed by atoms with Gasteiger partial charge in [-0.2, -0.15) is 0 Å². The molecule has 1 aromatic heterocycles. The number of rotatable bonds is 5. The van der Waals surface area contributed by atoms with E-state index in [1.165, 1.54) is 0 Å². The van der Waals surface area contributed by atoms with Crippen molar-refractivity contribution in [3.05, 3.63) is 60.2 Å². The molecule has 0 aliphatic rings. The minimum absolute atomic E-state index is 0.161. The van der Waals surface area contributed by atoms with Gasteiger partial charge in [0.25, 0.3) is 5.91 Å². The molecular weight excluding hydrogens is 320 g/mol. The van der Waals surface area contributed by atoms with Crippen LogP contribution in [0.1, 0.15) is 5.56 Å². The van der Waals surface area contributed by atoms with E-state index in [4.69, 9.17) is 0 Å². The Kier molecular flexibility index (Phi) is 4.84. The van der Waals surface area contributed by atoms with Gasteiger partial charge in [-0.25, -0.2) is 0 Å². The molecule has 3 aromatic rings. The summed E-state index contributed by atoms with van der Waals surface area (Å²) in [5.41, 5.74) is 1.75. The first kappa shape index (κ1) is 16.4. The highest BCUT2D eigenvalue weighted by atomic mass is 16.3. The van der Waals surface area contributed by atoms with Crippen molar-refractivity contribution in [3.63, 3.8) is 0 Å². The molecule has 2 aromatic carbocycles. The van der Waals surface area contributed by atoms with Crippen LogP contribution in [-0.4, -0.2) is 28.4 Å². The van der Waals surface area contributed by atoms with Crippen LogP contribution >= 0.6 is 0 Å². The Morgan fingerprint density at radius 2 is 1.76 bits per heavy atom. The first-order valence-corrected chi connectivity index (χ1v) is 7.68. The van der Waals surface area contributed by atoms with Gasteiger partial charge in [0, 0.05) is 5.39 Å². The molecule has 0 unspecified atom stereocenters. The molecule has 0 spiro atoms. The van der Waals surface area contributed by atoms with Gasteiger partial charge in [-0.1, -0.05) is 48.5 Å². The van der Waals surface area contributed by atoms with E-state index in [0.29, 0.717) is 10.9 Å². The van der Waals surface area contributed by atoms with Gasteiger partial charge in [0.05, 0.1) is 11.9 Å². The van der Waals surface area contributed by atoms with E-state index in [1.807, 2.05) is 36.4 Å². The number of aromatic hydroxyl groups is 1. The molecule has 0 bridgehead atoms. The molecule has 7 nitrogen and oxygen atoms in total. The molecule has 0 saturated carbocycles. The van der Waals surface area contributed by atoms with Gasteiger partial charge in [-0.05, 0) is 11.6 Å². The third-order valence-corrected chi connectivity index (χ3v) is 3.57. The number of carbonyl (C=O) groups excluding carboxylic acids is 2. The molecule has 3 rings (SSSR count). The number of hydrogen-bond acceptors (Lipinski definition) is 4. The Labute approximate surface area is 143 Å². The summed E-state index contributed by atoms with van der Waals surface area (Å²) < 4.78 is 0. The standard InChI is InChI=1S/C18H16N4O3/c23-15(10-12-6-2-1-3-7-12)19-11-16(24)21-22-17-13-8-4-5-9-14(13)20-18(17)25/h1-9,20,25H,10-11H2,(H,19,23). The molecule has 0 fully saturated rings. The molecule has 0 radical (unpaired) electrons. The molecule has 0 aliphatic carbocycles. The third kappa shape index (κ3) is 4.08. The van der Waals surface area contributed by atoms with E-state index in [-0.39, 0.29) is 30.4 Å². The Morgan fingerprint density at radius 1 is 1.04 bits per heavy atom. The van der Waals surface area contributed by atoms with Gasteiger partial charge < -0.3 is 15.4 Å². The molecule has 1 heterocycles. The minimum Gasteiger partial charge on any atom is -0.493 e. The van der Waals surface area contributed by atoms with E-state index < -0.39 is 5.91 Å². The van der Waals surface area contributed by atoms with Crippen LogP contribution in [0, 0.1) is 0 Å². The normalized spacial score (nSPS) is 11.0. The fourth-order valence-electron chi connectivity index (χ4n) is 2.37. The predicted molar refractivity (Wildman–Crippen MR) is 92.6 cm³/mol. The number of amides is 2. The van der Waals surface area contributed by atoms with E-state index in [0.717, 1.165) is 5.56 Å². The van der Waals surface area contributed by atoms with Gasteiger partial charge in [-0.3, -0.25) is 9.59 Å². The number of H-pyrrole nitrogens is 1. The lowest BCUT2D eigenvalue weighted by Gasteiger charge is -2.02. The van der Waals surface area contributed by atoms with Crippen molar-refractivity contribution in [2.24, 2.45) is 10.2 Å². The summed E-state index contributed by atoms with van der Waals surface area (Å²) in [6, 6.07) is 16.4. The van der Waals surface area contributed by atoms with E-state index in [1.54, 1.807) is 18.2 Å². The van der Waals surface area contributed by atoms with Gasteiger partial charge in [0.2, 0.25) is 11.8 Å². The summed E-state index contributed by atoms with van der Waals surface area (Å²) in [6.07, 6.45) is 0.189. The Hall–Kier alpha value is -3.48. The SMILES string of the molecule is O=C(CNC(=O)Cc1ccccc1)N=Nc1c(O)[nH]c2ccccc12. The van der Waals surface area contributed by atoms with Crippen molar-refractivity contribution in [1.82, 2.24) is 10.3 Å². The molecule has 0 saturated heterocycles. The Morgan fingerprint density at radius 3 is 2.56 bits per heavy atom. The van der Waals surface area contributed by atoms with Crippen LogP contribution in [0.15, 0.2) is 64.8 Å². The first-order valence-electron chi connectivity index (χ1n) is 7.68. The number of fused-ring (bicyclic) bond motifs is 1. The van der Waals surface area contributed by atoms with E-state index >= 15 is 0 Å². The summed E-state index contributed by atoms with van der Waals surface area (Å²) in [7, 11) is 0. The number of aromatic amines is 1. The predicted octanol–water partition coefficient (Wildman–Crippen LogP) is 2.84. The molecule has 0 atom stereocenters. The van der Waals surface area contributed by atoms with Gasteiger partial charge in [-0.15, -0.1) is 10.2 Å². The van der Waals surface area contributed by atoms with Crippen LogP contribution in [0.25, 0.3) is 10.9 Å². The second-order valence-electron chi connectivity index (χ2n) is 5.40. The number of para-hydroxylation sites is 1. The van der Waals surface area contributed by atoms with Crippen LogP contribution in [0.5, 0.6) is 5.88 Å². The maximum atomic E-state index is 11.8. The van der Waals surface area contributed by atoms with Crippen molar-refractivity contribution in [2.75, 3.05) is 6.54 Å². The topological polar surface area (TPSA) is 107 Å². The van der Waals surface area contributed by atoms with Crippen molar-refractivity contribution in [2.45, 2.75) is 6.42 Å². The molecule has 126 valence electrons. The largest absolute Gasteiger partial charge is 0.493 e. The monoisotopic (exact) mass is 336 g/mol. The fourth-order valence-corrected chi connectivity index (χ4v) is 2.37. The van der Waals surface area contributed by atoms with Gasteiger partial charge in [0.15, 0.2) is 5.69 Å². The molecule has 2 amide bonds. The zero-order valence-electron chi connectivity index (χ0n) is 13.3. The van der Waals surface area contributed by atoms with Crippen molar-refractivity contribution in [3.8, 4) is 5.88 Å². The average Bonchev–Trinajstić information content (AvgIpc) is 2.94. The summed E-state index contributed by atoms with van der Waals surface area (Å²) in [5, 5.41) is 20.3. The second kappa shape index (κ2) is 7.39. The number of benzene rings is 2. The van der Waals surface area contributed by atoms with Crippen LogP contribution < -0.4 is 5.32 Å². The molecule has 0 aliphatic heterocycles. The number of aromatic nitrogens is 1. The first-order chi connectivity index (χ1) is 12.1. The molecule has 3 N–H and O–H groups in total. The Balaban J connectivity index is 1.58. The van der Waals surface area contributed by atoms with Crippen LogP contribution in [0.4, 0.5) is 5.69 Å². The summed E-state index contributed by atoms with van der Waals surface area (Å²) >= 11 is 0. The number of nitrogens with one attached hydrogen (secondary N) is 2. The highest BCUT2D eigenvalue weighted by molar-refractivity contribution is 5.94. The minimum atomic E-state index is -0.605. The lowest BCUT2D eigenvalue weighted by molar-refractivity contribution is -0.124. The number of hydrogen-bond donors (Lipinski definition) is 3. The summed E-state index contributed by atoms with van der Waals surface area (Å²) in [6.45, 7) is -0.252. The average molecular weight is 336 g/mol. The fraction of sp³-hybridized carbons (Fsp3) is 0.111. The van der Waals surface area contributed by atoms with E-state index in [9.17, 15) is 14.7 Å². The van der Waals surface area contributed by atoms with Gasteiger partial charge >= 0.3 is 0 Å². The summed E-state index contributed by atoms with van der Waals surface area (Å²) in [5.74, 6) is -1.04. The number of azo groups is 1. The van der Waals surface area contributed by atoms with Crippen molar-refractivity contribution >= 4 is 28.4 Å². The van der Waals surface area contributed by atoms with Crippen molar-refractivity contribution in [1.29, 1.82) is 0 Å². The number of carbonyl (C=O) groups is 2. The highest BCUT2D eigenvalue weighted by Crippen LogP contribution is 2.35. The zero-order chi connectivity index (χ0) is 17.6. The lowest BCUT2D eigenvalue weighted by atomic mass is 10.1. The van der Waals surface area contributed by atoms with Crippen molar-refractivity contribution < 1.29 is 14.7 Å². The van der Waals surface area contributed by atoms with Crippen LogP contribution in [-0.2, 0) is 16.0 Å². The molecule has 25 heavy (non-hydrogen) atoms. The maximum Gasteiger partial charge on any atom is 0.283 e. The zero-order valence-corrected chi connectivity index (χ0v) is 13.3. The number of nitrogens with zero attached hydrogens (tertiary/aromatic N) is 2. The van der Waals surface area contributed by atoms with E-state index in [2.05, 4.69) is 20.5 Å². The maximum absolute atomic E-state index is 11.8. The smallest absolute Gasteiger partial charge is 0.283 e. The molecular formula is C18H16N4O3. The highest BCUT2D eigenvalue weighted by Gasteiger charge is 2.11. The second-order valence-corrected chi connectivity index (χ2v) is 5.40. The molecule has 7 heteroatoms. The van der Waals surface area contributed by atoms with Crippen LogP contribution in [0.2, 0.25) is 0 Å². The Bertz CT molecular complexity index is 932. The lowest BCUT2D eigenvalue weighted by Crippen LogP contribution is -2.29. The summed E-state index contributed by atoms with van der Waals surface area (Å²) in [4.78, 5) is 26.3. The van der Waals surface area contributed by atoms with Crippen LogP contribution in [0.3, 0.4) is 0 Å². The third-order valence-electron chi connectivity index (χ3n) is 3.57. The quantitative estimate of drug-likeness (QED) is 0.624.